The number of nitrogens with zero attached hydrogens (tertiary/aromatic N) is 1. The Kier molecular flexibility index (Phi) is 3.75. The Morgan fingerprint density at radius 2 is 2.35 bits per heavy atom. The Balaban J connectivity index is 2.01. The van der Waals surface area contributed by atoms with Gasteiger partial charge in [0.1, 0.15) is 6.04 Å². The standard InChI is InChI=1S/C11H15N3O2S/c12-10(8-2-1-7-17-8)11(16)14-5-3-9(15)13-4-6-14/h1-2,7,10H,3-6,12H2,(H,13,15). The van der Waals surface area contributed by atoms with Crippen LogP contribution in [0.15, 0.2) is 17.5 Å². The highest BCUT2D eigenvalue weighted by atomic mass is 32.1. The summed E-state index contributed by atoms with van der Waals surface area (Å²) in [5.41, 5.74) is 5.91. The van der Waals surface area contributed by atoms with Gasteiger partial charge in [0.2, 0.25) is 11.8 Å². The number of nitrogens with two attached hydrogens (primary N) is 1. The van der Waals surface area contributed by atoms with Crippen molar-refractivity contribution >= 4 is 23.2 Å². The summed E-state index contributed by atoms with van der Waals surface area (Å²) in [5.74, 6) is -0.117. The molecule has 6 heteroatoms. The van der Waals surface area contributed by atoms with Gasteiger partial charge >= 0.3 is 0 Å². The van der Waals surface area contributed by atoms with Crippen molar-refractivity contribution in [1.82, 2.24) is 10.2 Å². The molecule has 0 radical (unpaired) electrons. The minimum atomic E-state index is -0.608. The first-order valence-corrected chi connectivity index (χ1v) is 6.41. The van der Waals surface area contributed by atoms with E-state index in [0.717, 1.165) is 4.88 Å². The lowest BCUT2D eigenvalue weighted by atomic mass is 10.2. The summed E-state index contributed by atoms with van der Waals surface area (Å²) in [5, 5.41) is 4.63. The van der Waals surface area contributed by atoms with Crippen molar-refractivity contribution in [3.63, 3.8) is 0 Å². The van der Waals surface area contributed by atoms with Crippen LogP contribution in [0.25, 0.3) is 0 Å². The van der Waals surface area contributed by atoms with Crippen molar-refractivity contribution in [2.45, 2.75) is 12.5 Å². The molecule has 1 unspecified atom stereocenters. The van der Waals surface area contributed by atoms with Crippen LogP contribution < -0.4 is 11.1 Å². The highest BCUT2D eigenvalue weighted by Crippen LogP contribution is 2.19. The number of hydrogen-bond donors (Lipinski definition) is 2. The summed E-state index contributed by atoms with van der Waals surface area (Å²) in [6, 6.07) is 3.12. The van der Waals surface area contributed by atoms with E-state index in [0.29, 0.717) is 26.1 Å². The first-order valence-electron chi connectivity index (χ1n) is 5.53. The summed E-state index contributed by atoms with van der Waals surface area (Å²) in [6.45, 7) is 1.48. The van der Waals surface area contributed by atoms with Crippen molar-refractivity contribution in [1.29, 1.82) is 0 Å². The molecule has 1 aromatic heterocycles. The van der Waals surface area contributed by atoms with Gasteiger partial charge in [-0.05, 0) is 11.4 Å². The molecule has 1 aromatic rings. The lowest BCUT2D eigenvalue weighted by Crippen LogP contribution is -2.40. The third-order valence-corrected chi connectivity index (χ3v) is 3.70. The molecule has 0 aliphatic carbocycles. The zero-order chi connectivity index (χ0) is 12.3. The highest BCUT2D eigenvalue weighted by Gasteiger charge is 2.24. The maximum Gasteiger partial charge on any atom is 0.244 e. The van der Waals surface area contributed by atoms with Crippen LogP contribution in [0.1, 0.15) is 17.3 Å². The molecule has 2 amide bonds. The van der Waals surface area contributed by atoms with Gasteiger partial charge in [0.25, 0.3) is 0 Å². The van der Waals surface area contributed by atoms with Gasteiger partial charge in [0, 0.05) is 30.9 Å². The van der Waals surface area contributed by atoms with Gasteiger partial charge in [-0.15, -0.1) is 11.3 Å². The van der Waals surface area contributed by atoms with Crippen molar-refractivity contribution in [2.24, 2.45) is 5.73 Å². The molecule has 2 rings (SSSR count). The highest BCUT2D eigenvalue weighted by molar-refractivity contribution is 7.10. The number of amides is 2. The van der Waals surface area contributed by atoms with Gasteiger partial charge in [-0.3, -0.25) is 9.59 Å². The van der Waals surface area contributed by atoms with E-state index in [2.05, 4.69) is 5.32 Å². The second-order valence-electron chi connectivity index (χ2n) is 3.92. The number of carbonyl (C=O) groups is 2. The molecule has 1 saturated heterocycles. The summed E-state index contributed by atoms with van der Waals surface area (Å²) in [4.78, 5) is 25.8. The molecule has 1 fully saturated rings. The predicted molar refractivity (Wildman–Crippen MR) is 65.5 cm³/mol. The number of hydrogen-bond acceptors (Lipinski definition) is 4. The molecule has 3 N–H and O–H groups in total. The molecule has 17 heavy (non-hydrogen) atoms. The van der Waals surface area contributed by atoms with E-state index in [1.807, 2.05) is 17.5 Å². The Morgan fingerprint density at radius 3 is 3.06 bits per heavy atom. The Morgan fingerprint density at radius 1 is 1.53 bits per heavy atom. The Bertz CT molecular complexity index is 405. The van der Waals surface area contributed by atoms with Crippen LogP contribution in [-0.4, -0.2) is 36.3 Å². The van der Waals surface area contributed by atoms with E-state index >= 15 is 0 Å². The van der Waals surface area contributed by atoms with E-state index in [9.17, 15) is 9.59 Å². The quantitative estimate of drug-likeness (QED) is 0.784. The molecule has 1 aliphatic rings. The van der Waals surface area contributed by atoms with Gasteiger partial charge in [0.05, 0.1) is 0 Å². The fraction of sp³-hybridized carbons (Fsp3) is 0.455. The molecule has 1 atom stereocenters. The number of nitrogens with one attached hydrogen (secondary N) is 1. The zero-order valence-electron chi connectivity index (χ0n) is 9.39. The molecular formula is C11H15N3O2S. The Labute approximate surface area is 104 Å². The van der Waals surface area contributed by atoms with Crippen LogP contribution in [0.5, 0.6) is 0 Å². The van der Waals surface area contributed by atoms with E-state index in [1.54, 1.807) is 4.90 Å². The van der Waals surface area contributed by atoms with E-state index in [1.165, 1.54) is 11.3 Å². The van der Waals surface area contributed by atoms with Crippen molar-refractivity contribution in [2.75, 3.05) is 19.6 Å². The predicted octanol–water partition coefficient (Wildman–Crippen LogP) is 0.0964. The van der Waals surface area contributed by atoms with Crippen LogP contribution in [0.4, 0.5) is 0 Å². The van der Waals surface area contributed by atoms with Gasteiger partial charge in [-0.1, -0.05) is 6.07 Å². The molecule has 0 aromatic carbocycles. The zero-order valence-corrected chi connectivity index (χ0v) is 10.2. The van der Waals surface area contributed by atoms with Gasteiger partial charge < -0.3 is 16.0 Å². The summed E-state index contributed by atoms with van der Waals surface area (Å²) >= 11 is 1.47. The largest absolute Gasteiger partial charge is 0.354 e. The average Bonchev–Trinajstić information content (AvgIpc) is 2.77. The van der Waals surface area contributed by atoms with Crippen LogP contribution in [-0.2, 0) is 9.59 Å². The van der Waals surface area contributed by atoms with Crippen LogP contribution in [0, 0.1) is 0 Å². The topological polar surface area (TPSA) is 75.4 Å². The first-order chi connectivity index (χ1) is 8.18. The molecular weight excluding hydrogens is 238 g/mol. The second kappa shape index (κ2) is 5.29. The average molecular weight is 253 g/mol. The SMILES string of the molecule is NC(C(=O)N1CCNC(=O)CC1)c1cccs1. The minimum Gasteiger partial charge on any atom is -0.354 e. The monoisotopic (exact) mass is 253 g/mol. The summed E-state index contributed by atoms with van der Waals surface area (Å²) in [6.07, 6.45) is 0.350. The molecule has 92 valence electrons. The van der Waals surface area contributed by atoms with E-state index in [4.69, 9.17) is 5.73 Å². The van der Waals surface area contributed by atoms with Crippen molar-refractivity contribution in [3.8, 4) is 0 Å². The fourth-order valence-corrected chi connectivity index (χ4v) is 2.49. The normalized spacial score (nSPS) is 18.4. The molecule has 1 aliphatic heterocycles. The van der Waals surface area contributed by atoms with Crippen LogP contribution in [0.2, 0.25) is 0 Å². The maximum absolute atomic E-state index is 12.1. The number of thiophene rings is 1. The number of rotatable bonds is 2. The van der Waals surface area contributed by atoms with Crippen molar-refractivity contribution < 1.29 is 9.59 Å². The third kappa shape index (κ3) is 2.83. The molecule has 0 saturated carbocycles. The molecule has 2 heterocycles. The van der Waals surface area contributed by atoms with Gasteiger partial charge in [-0.2, -0.15) is 0 Å². The minimum absolute atomic E-state index is 0.00926. The molecule has 0 bridgehead atoms. The summed E-state index contributed by atoms with van der Waals surface area (Å²) in [7, 11) is 0. The molecule has 5 nitrogen and oxygen atoms in total. The second-order valence-corrected chi connectivity index (χ2v) is 4.90. The lowest BCUT2D eigenvalue weighted by Gasteiger charge is -2.22. The summed E-state index contributed by atoms with van der Waals surface area (Å²) < 4.78 is 0. The van der Waals surface area contributed by atoms with E-state index in [-0.39, 0.29) is 11.8 Å². The third-order valence-electron chi connectivity index (χ3n) is 2.74. The van der Waals surface area contributed by atoms with Gasteiger partial charge in [0.15, 0.2) is 0 Å². The lowest BCUT2D eigenvalue weighted by molar-refractivity contribution is -0.132. The van der Waals surface area contributed by atoms with Crippen molar-refractivity contribution in [3.05, 3.63) is 22.4 Å². The Hall–Kier alpha value is -1.40. The van der Waals surface area contributed by atoms with Crippen LogP contribution >= 0.6 is 11.3 Å². The molecule has 0 spiro atoms. The fourth-order valence-electron chi connectivity index (χ4n) is 1.77. The van der Waals surface area contributed by atoms with Crippen LogP contribution in [0.3, 0.4) is 0 Å². The maximum atomic E-state index is 12.1. The smallest absolute Gasteiger partial charge is 0.244 e. The first kappa shape index (κ1) is 12.1. The van der Waals surface area contributed by atoms with E-state index < -0.39 is 6.04 Å². The van der Waals surface area contributed by atoms with Gasteiger partial charge in [-0.25, -0.2) is 0 Å². The number of carbonyl (C=O) groups excluding carboxylic acids is 2.